The lowest BCUT2D eigenvalue weighted by Crippen LogP contribution is -2.46. The zero-order valence-corrected chi connectivity index (χ0v) is 16.9. The molecule has 0 bridgehead atoms. The molecule has 0 heterocycles. The summed E-state index contributed by atoms with van der Waals surface area (Å²) in [5, 5.41) is 2.68. The van der Waals surface area contributed by atoms with Crippen LogP contribution in [-0.2, 0) is 14.3 Å². The molecular weight excluding hydrogens is 348 g/mol. The molecule has 2 amide bonds. The number of carbonyl (C=O) groups excluding carboxylic acids is 3. The summed E-state index contributed by atoms with van der Waals surface area (Å²) < 4.78 is 10.5. The lowest BCUT2D eigenvalue weighted by molar-refractivity contribution is -0.154. The molecule has 0 radical (unpaired) electrons. The summed E-state index contributed by atoms with van der Waals surface area (Å²) in [5.41, 5.74) is 0.410. The molecule has 0 aliphatic heterocycles. The van der Waals surface area contributed by atoms with Crippen LogP contribution in [0, 0.1) is 5.92 Å². The maximum Gasteiger partial charge on any atom is 0.329 e. The zero-order valence-electron chi connectivity index (χ0n) is 16.9. The van der Waals surface area contributed by atoms with Crippen molar-refractivity contribution in [3.05, 3.63) is 29.8 Å². The van der Waals surface area contributed by atoms with E-state index in [1.165, 1.54) is 4.90 Å². The summed E-state index contributed by atoms with van der Waals surface area (Å²) >= 11 is 0. The van der Waals surface area contributed by atoms with Crippen LogP contribution in [0.25, 0.3) is 0 Å². The Kier molecular flexibility index (Phi) is 8.78. The molecule has 1 rings (SSSR count). The second-order valence-corrected chi connectivity index (χ2v) is 6.86. The molecule has 1 aromatic rings. The minimum Gasteiger partial charge on any atom is -0.494 e. The number of rotatable bonds is 9. The van der Waals surface area contributed by atoms with Crippen LogP contribution in [0.1, 0.15) is 45.0 Å². The topological polar surface area (TPSA) is 84.9 Å². The average molecular weight is 378 g/mol. The highest BCUT2D eigenvalue weighted by Crippen LogP contribution is 2.13. The van der Waals surface area contributed by atoms with E-state index in [-0.39, 0.29) is 30.4 Å². The van der Waals surface area contributed by atoms with E-state index >= 15 is 0 Å². The fourth-order valence-corrected chi connectivity index (χ4v) is 2.20. The summed E-state index contributed by atoms with van der Waals surface area (Å²) in [6, 6.07) is 5.81. The number of hydrogen-bond acceptors (Lipinski definition) is 5. The molecule has 150 valence electrons. The highest BCUT2D eigenvalue weighted by atomic mass is 16.5. The van der Waals surface area contributed by atoms with E-state index in [2.05, 4.69) is 5.32 Å². The van der Waals surface area contributed by atoms with Gasteiger partial charge in [0.2, 0.25) is 0 Å². The van der Waals surface area contributed by atoms with E-state index < -0.39 is 12.0 Å². The summed E-state index contributed by atoms with van der Waals surface area (Å²) in [4.78, 5) is 38.2. The van der Waals surface area contributed by atoms with Gasteiger partial charge in [0.1, 0.15) is 11.8 Å². The highest BCUT2D eigenvalue weighted by molar-refractivity contribution is 5.97. The predicted molar refractivity (Wildman–Crippen MR) is 103 cm³/mol. The third-order valence-electron chi connectivity index (χ3n) is 4.14. The Hall–Kier alpha value is -2.57. The smallest absolute Gasteiger partial charge is 0.329 e. The highest BCUT2D eigenvalue weighted by Gasteiger charge is 2.27. The van der Waals surface area contributed by atoms with Crippen LogP contribution in [0.2, 0.25) is 0 Å². The summed E-state index contributed by atoms with van der Waals surface area (Å²) in [5.74, 6) is -0.837. The zero-order chi connectivity index (χ0) is 20.6. The fraction of sp³-hybridized carbons (Fsp3) is 0.550. The van der Waals surface area contributed by atoms with E-state index in [9.17, 15) is 14.4 Å². The van der Waals surface area contributed by atoms with Gasteiger partial charge >= 0.3 is 5.97 Å². The number of likely N-dealkylation sites (N-methyl/N-ethyl adjacent to an activating group) is 1. The van der Waals surface area contributed by atoms with Crippen LogP contribution in [0.5, 0.6) is 5.75 Å². The van der Waals surface area contributed by atoms with Gasteiger partial charge in [-0.2, -0.15) is 0 Å². The van der Waals surface area contributed by atoms with Crippen molar-refractivity contribution in [3.8, 4) is 5.75 Å². The summed E-state index contributed by atoms with van der Waals surface area (Å²) in [7, 11) is 1.65. The van der Waals surface area contributed by atoms with Crippen LogP contribution >= 0.6 is 0 Å². The first kappa shape index (κ1) is 22.5. The number of nitrogens with zero attached hydrogens (tertiary/aromatic N) is 1. The Balaban J connectivity index is 2.70. The molecule has 1 N–H and O–H groups in total. The normalized spacial score (nSPS) is 11.9. The molecule has 1 aromatic carbocycles. The minimum absolute atomic E-state index is 0.0106. The third kappa shape index (κ3) is 6.92. The van der Waals surface area contributed by atoms with Crippen LogP contribution in [0.15, 0.2) is 24.3 Å². The van der Waals surface area contributed by atoms with Gasteiger partial charge in [-0.05, 0) is 51.0 Å². The van der Waals surface area contributed by atoms with Crippen molar-refractivity contribution in [2.45, 2.75) is 46.7 Å². The maximum atomic E-state index is 12.4. The van der Waals surface area contributed by atoms with E-state index in [4.69, 9.17) is 9.47 Å². The summed E-state index contributed by atoms with van der Waals surface area (Å²) in [6.07, 6.45) is 0. The first-order valence-corrected chi connectivity index (χ1v) is 9.13. The number of ether oxygens (including phenoxy) is 2. The van der Waals surface area contributed by atoms with Gasteiger partial charge in [-0.15, -0.1) is 0 Å². The molecule has 1 atom stereocenters. The molecule has 0 unspecified atom stereocenters. The van der Waals surface area contributed by atoms with E-state index in [0.29, 0.717) is 17.9 Å². The molecule has 7 heteroatoms. The largest absolute Gasteiger partial charge is 0.494 e. The van der Waals surface area contributed by atoms with Crippen molar-refractivity contribution < 1.29 is 23.9 Å². The van der Waals surface area contributed by atoms with Gasteiger partial charge in [-0.3, -0.25) is 9.59 Å². The lowest BCUT2D eigenvalue weighted by Gasteiger charge is -2.23. The number of nitrogens with one attached hydrogen (secondary N) is 1. The van der Waals surface area contributed by atoms with Crippen molar-refractivity contribution in [1.29, 1.82) is 0 Å². The average Bonchev–Trinajstić information content (AvgIpc) is 2.63. The van der Waals surface area contributed by atoms with Gasteiger partial charge in [0.15, 0.2) is 6.61 Å². The predicted octanol–water partition coefficient (Wildman–Crippen LogP) is 2.25. The van der Waals surface area contributed by atoms with Crippen molar-refractivity contribution in [1.82, 2.24) is 10.2 Å². The molecule has 0 aliphatic rings. The SMILES string of the molecule is CCOc1ccc(C(=O)N[C@H](C(=O)OCC(=O)N(C)C(C)C)C(C)C)cc1. The third-order valence-corrected chi connectivity index (χ3v) is 4.14. The minimum atomic E-state index is -0.846. The van der Waals surface area contributed by atoms with E-state index in [0.717, 1.165) is 0 Å². The molecule has 7 nitrogen and oxygen atoms in total. The molecule has 0 fully saturated rings. The molecule has 0 aliphatic carbocycles. The Morgan fingerprint density at radius 1 is 1.07 bits per heavy atom. The van der Waals surface area contributed by atoms with Crippen molar-refractivity contribution in [2.75, 3.05) is 20.3 Å². The van der Waals surface area contributed by atoms with E-state index in [1.807, 2.05) is 20.8 Å². The Bertz CT molecular complexity index is 640. The standard InChI is InChI=1S/C20H30N2O5/c1-7-26-16-10-8-15(9-11-16)19(24)21-18(13(2)3)20(25)27-12-17(23)22(6)14(4)5/h8-11,13-14,18H,7,12H2,1-6H3,(H,21,24)/t18-/m0/s1. The first-order valence-electron chi connectivity index (χ1n) is 9.13. The van der Waals surface area contributed by atoms with Crippen LogP contribution < -0.4 is 10.1 Å². The van der Waals surface area contributed by atoms with Gasteiger partial charge in [0.25, 0.3) is 11.8 Å². The number of carbonyl (C=O) groups is 3. The summed E-state index contributed by atoms with van der Waals surface area (Å²) in [6.45, 7) is 9.40. The van der Waals surface area contributed by atoms with Gasteiger partial charge in [-0.25, -0.2) is 4.79 Å². The Morgan fingerprint density at radius 2 is 1.67 bits per heavy atom. The molecule has 0 saturated carbocycles. The van der Waals surface area contributed by atoms with Crippen molar-refractivity contribution >= 4 is 17.8 Å². The van der Waals surface area contributed by atoms with Crippen LogP contribution in [-0.4, -0.2) is 55.0 Å². The fourth-order valence-electron chi connectivity index (χ4n) is 2.20. The van der Waals surface area contributed by atoms with Crippen molar-refractivity contribution in [3.63, 3.8) is 0 Å². The maximum absolute atomic E-state index is 12.4. The number of esters is 1. The van der Waals surface area contributed by atoms with Crippen LogP contribution in [0.3, 0.4) is 0 Å². The molecular formula is C20H30N2O5. The number of amides is 2. The van der Waals surface area contributed by atoms with Gasteiger partial charge in [0.05, 0.1) is 6.61 Å². The Labute approximate surface area is 161 Å². The molecule has 27 heavy (non-hydrogen) atoms. The van der Waals surface area contributed by atoms with Crippen molar-refractivity contribution in [2.24, 2.45) is 5.92 Å². The molecule has 0 spiro atoms. The lowest BCUT2D eigenvalue weighted by atomic mass is 10.0. The molecule has 0 saturated heterocycles. The van der Waals surface area contributed by atoms with Gasteiger partial charge < -0.3 is 19.7 Å². The number of hydrogen-bond donors (Lipinski definition) is 1. The second kappa shape index (κ2) is 10.5. The van der Waals surface area contributed by atoms with E-state index in [1.54, 1.807) is 45.2 Å². The molecule has 0 aromatic heterocycles. The van der Waals surface area contributed by atoms with Crippen LogP contribution in [0.4, 0.5) is 0 Å². The quantitative estimate of drug-likeness (QED) is 0.666. The Morgan fingerprint density at radius 3 is 2.15 bits per heavy atom. The van der Waals surface area contributed by atoms with Gasteiger partial charge in [-0.1, -0.05) is 13.8 Å². The van der Waals surface area contributed by atoms with Gasteiger partial charge in [0, 0.05) is 18.7 Å². The second-order valence-electron chi connectivity index (χ2n) is 6.86. The number of benzene rings is 1. The first-order chi connectivity index (χ1) is 12.7. The monoisotopic (exact) mass is 378 g/mol.